The molecule has 0 spiro atoms. The number of esters is 1. The molecule has 29 heavy (non-hydrogen) atoms. The fraction of sp³-hybridized carbons (Fsp3) is 0.478. The SMILES string of the molecule is CCOC(=O)c1c(NC(=O)CCc2ccc(OCC)cc2)sc2c1CCC(C)C2. The Labute approximate surface area is 176 Å². The van der Waals surface area contributed by atoms with E-state index >= 15 is 0 Å². The van der Waals surface area contributed by atoms with Gasteiger partial charge in [-0.3, -0.25) is 4.79 Å². The third-order valence-electron chi connectivity index (χ3n) is 5.12. The highest BCUT2D eigenvalue weighted by atomic mass is 32.1. The maximum atomic E-state index is 12.6. The zero-order valence-corrected chi connectivity index (χ0v) is 18.2. The molecule has 1 aromatic carbocycles. The normalized spacial score (nSPS) is 15.5. The molecule has 0 bridgehead atoms. The molecular weight excluding hydrogens is 386 g/mol. The third-order valence-corrected chi connectivity index (χ3v) is 6.29. The number of aryl methyl sites for hydroxylation is 1. The van der Waals surface area contributed by atoms with Crippen molar-refractivity contribution in [3.8, 4) is 5.75 Å². The van der Waals surface area contributed by atoms with Crippen molar-refractivity contribution in [3.05, 3.63) is 45.8 Å². The Kier molecular flexibility index (Phi) is 7.31. The average Bonchev–Trinajstić information content (AvgIpc) is 3.04. The van der Waals surface area contributed by atoms with Gasteiger partial charge < -0.3 is 14.8 Å². The summed E-state index contributed by atoms with van der Waals surface area (Å²) in [6.45, 7) is 6.93. The summed E-state index contributed by atoms with van der Waals surface area (Å²) >= 11 is 1.53. The standard InChI is InChI=1S/C23H29NO4S/c1-4-27-17-10-7-16(8-11-17)9-13-20(25)24-22-21(23(26)28-5-2)18-12-6-15(3)14-19(18)29-22/h7-8,10-11,15H,4-6,9,12-14H2,1-3H3,(H,24,25). The van der Waals surface area contributed by atoms with Crippen LogP contribution in [0.1, 0.15) is 60.0 Å². The number of rotatable bonds is 8. The summed E-state index contributed by atoms with van der Waals surface area (Å²) in [4.78, 5) is 26.3. The third kappa shape index (κ3) is 5.38. The first-order chi connectivity index (χ1) is 14.0. The Morgan fingerprint density at radius 3 is 2.62 bits per heavy atom. The van der Waals surface area contributed by atoms with Crippen molar-refractivity contribution in [1.82, 2.24) is 0 Å². The maximum Gasteiger partial charge on any atom is 0.341 e. The summed E-state index contributed by atoms with van der Waals surface area (Å²) in [6, 6.07) is 7.80. The van der Waals surface area contributed by atoms with Crippen LogP contribution in [0.15, 0.2) is 24.3 Å². The molecule has 0 saturated carbocycles. The van der Waals surface area contributed by atoms with Crippen LogP contribution >= 0.6 is 11.3 Å². The van der Waals surface area contributed by atoms with Gasteiger partial charge in [-0.25, -0.2) is 4.79 Å². The van der Waals surface area contributed by atoms with Gasteiger partial charge in [-0.15, -0.1) is 11.3 Å². The summed E-state index contributed by atoms with van der Waals surface area (Å²) in [5.41, 5.74) is 2.70. The van der Waals surface area contributed by atoms with Gasteiger partial charge in [0.2, 0.25) is 5.91 Å². The van der Waals surface area contributed by atoms with E-state index in [0.717, 1.165) is 36.1 Å². The molecule has 1 aliphatic carbocycles. The Hall–Kier alpha value is -2.34. The molecule has 0 radical (unpaired) electrons. The van der Waals surface area contributed by atoms with E-state index in [0.29, 0.717) is 42.5 Å². The molecule has 3 rings (SSSR count). The topological polar surface area (TPSA) is 64.6 Å². The van der Waals surface area contributed by atoms with Gasteiger partial charge in [0.05, 0.1) is 18.8 Å². The summed E-state index contributed by atoms with van der Waals surface area (Å²) < 4.78 is 10.7. The predicted octanol–water partition coefficient (Wildman–Crippen LogP) is 5.02. The number of fused-ring (bicyclic) bond motifs is 1. The van der Waals surface area contributed by atoms with Gasteiger partial charge in [0.25, 0.3) is 0 Å². The van der Waals surface area contributed by atoms with Crippen LogP contribution in [0.4, 0.5) is 5.00 Å². The molecule has 2 aromatic rings. The Morgan fingerprint density at radius 1 is 1.17 bits per heavy atom. The number of nitrogens with one attached hydrogen (secondary N) is 1. The van der Waals surface area contributed by atoms with Gasteiger partial charge in [-0.2, -0.15) is 0 Å². The molecule has 1 atom stereocenters. The van der Waals surface area contributed by atoms with Crippen molar-refractivity contribution in [1.29, 1.82) is 0 Å². The highest BCUT2D eigenvalue weighted by Crippen LogP contribution is 2.40. The second-order valence-corrected chi connectivity index (χ2v) is 8.51. The number of ether oxygens (including phenoxy) is 2. The van der Waals surface area contributed by atoms with E-state index in [2.05, 4.69) is 12.2 Å². The number of anilines is 1. The summed E-state index contributed by atoms with van der Waals surface area (Å²) in [5.74, 6) is 1.01. The molecule has 6 heteroatoms. The van der Waals surface area contributed by atoms with Gasteiger partial charge in [0.15, 0.2) is 0 Å². The van der Waals surface area contributed by atoms with Crippen LogP contribution in [-0.2, 0) is 28.8 Å². The molecule has 0 aliphatic heterocycles. The van der Waals surface area contributed by atoms with Crippen LogP contribution < -0.4 is 10.1 Å². The zero-order chi connectivity index (χ0) is 20.8. The fourth-order valence-corrected chi connectivity index (χ4v) is 5.04. The van der Waals surface area contributed by atoms with Gasteiger partial charge >= 0.3 is 5.97 Å². The van der Waals surface area contributed by atoms with E-state index in [1.807, 2.05) is 31.2 Å². The number of carbonyl (C=O) groups is 2. The molecule has 1 aliphatic rings. The van der Waals surface area contributed by atoms with Crippen molar-refractivity contribution < 1.29 is 19.1 Å². The van der Waals surface area contributed by atoms with Crippen LogP contribution in [0.2, 0.25) is 0 Å². The number of carbonyl (C=O) groups excluding carboxylic acids is 2. The van der Waals surface area contributed by atoms with Crippen molar-refractivity contribution in [3.63, 3.8) is 0 Å². The minimum absolute atomic E-state index is 0.0870. The Balaban J connectivity index is 1.68. The summed E-state index contributed by atoms with van der Waals surface area (Å²) in [6.07, 6.45) is 3.86. The van der Waals surface area contributed by atoms with Gasteiger partial charge in [-0.1, -0.05) is 19.1 Å². The average molecular weight is 416 g/mol. The van der Waals surface area contributed by atoms with E-state index < -0.39 is 0 Å². The summed E-state index contributed by atoms with van der Waals surface area (Å²) in [7, 11) is 0. The summed E-state index contributed by atoms with van der Waals surface area (Å²) in [5, 5.41) is 3.62. The van der Waals surface area contributed by atoms with E-state index in [-0.39, 0.29) is 11.9 Å². The van der Waals surface area contributed by atoms with Crippen molar-refractivity contribution in [2.75, 3.05) is 18.5 Å². The minimum atomic E-state index is -0.332. The van der Waals surface area contributed by atoms with Gasteiger partial charge in [-0.05, 0) is 68.7 Å². The largest absolute Gasteiger partial charge is 0.494 e. The molecule has 1 unspecified atom stereocenters. The number of hydrogen-bond acceptors (Lipinski definition) is 5. The first-order valence-electron chi connectivity index (χ1n) is 10.3. The molecule has 1 amide bonds. The van der Waals surface area contributed by atoms with Crippen LogP contribution in [0, 0.1) is 5.92 Å². The van der Waals surface area contributed by atoms with Crippen LogP contribution in [-0.4, -0.2) is 25.1 Å². The van der Waals surface area contributed by atoms with E-state index in [1.165, 1.54) is 16.2 Å². The molecule has 1 N–H and O–H groups in total. The molecule has 0 fully saturated rings. The fourth-order valence-electron chi connectivity index (χ4n) is 3.62. The smallest absolute Gasteiger partial charge is 0.341 e. The van der Waals surface area contributed by atoms with Crippen LogP contribution in [0.3, 0.4) is 0 Å². The van der Waals surface area contributed by atoms with E-state index in [4.69, 9.17) is 9.47 Å². The maximum absolute atomic E-state index is 12.6. The number of thiophene rings is 1. The molecular formula is C23H29NO4S. The first-order valence-corrected chi connectivity index (χ1v) is 11.2. The lowest BCUT2D eigenvalue weighted by Crippen LogP contribution is -2.16. The van der Waals surface area contributed by atoms with Crippen LogP contribution in [0.5, 0.6) is 5.75 Å². The highest BCUT2D eigenvalue weighted by Gasteiger charge is 2.29. The predicted molar refractivity (Wildman–Crippen MR) is 116 cm³/mol. The highest BCUT2D eigenvalue weighted by molar-refractivity contribution is 7.17. The van der Waals surface area contributed by atoms with Crippen molar-refractivity contribution in [2.45, 2.75) is 52.9 Å². The lowest BCUT2D eigenvalue weighted by atomic mass is 9.88. The molecule has 0 saturated heterocycles. The van der Waals surface area contributed by atoms with Crippen molar-refractivity contribution in [2.24, 2.45) is 5.92 Å². The lowest BCUT2D eigenvalue weighted by molar-refractivity contribution is -0.116. The Bertz CT molecular complexity index is 857. The second-order valence-electron chi connectivity index (χ2n) is 7.40. The second kappa shape index (κ2) is 9.92. The number of hydrogen-bond donors (Lipinski definition) is 1. The van der Waals surface area contributed by atoms with E-state index in [9.17, 15) is 9.59 Å². The molecule has 1 heterocycles. The lowest BCUT2D eigenvalue weighted by Gasteiger charge is -2.18. The minimum Gasteiger partial charge on any atom is -0.494 e. The van der Waals surface area contributed by atoms with Gasteiger partial charge in [0.1, 0.15) is 10.8 Å². The number of amides is 1. The monoisotopic (exact) mass is 415 g/mol. The van der Waals surface area contributed by atoms with Crippen molar-refractivity contribution >= 4 is 28.2 Å². The van der Waals surface area contributed by atoms with E-state index in [1.54, 1.807) is 6.92 Å². The molecule has 5 nitrogen and oxygen atoms in total. The number of benzene rings is 1. The quantitative estimate of drug-likeness (QED) is 0.615. The Morgan fingerprint density at radius 2 is 1.93 bits per heavy atom. The molecule has 156 valence electrons. The first kappa shape index (κ1) is 21.4. The molecule has 1 aromatic heterocycles. The zero-order valence-electron chi connectivity index (χ0n) is 17.4. The van der Waals surface area contributed by atoms with Gasteiger partial charge in [0, 0.05) is 11.3 Å². The van der Waals surface area contributed by atoms with Crippen LogP contribution in [0.25, 0.3) is 0 Å².